The molecular formula is C105H73BBrN4O2S2. The molecule has 0 bridgehead atoms. The van der Waals surface area contributed by atoms with Gasteiger partial charge in [0.15, 0.2) is 0 Å². The van der Waals surface area contributed by atoms with Crippen molar-refractivity contribution in [2.75, 3.05) is 9.80 Å². The van der Waals surface area contributed by atoms with Crippen LogP contribution in [0.5, 0.6) is 5.75 Å². The van der Waals surface area contributed by atoms with Gasteiger partial charge in [-0.3, -0.25) is 0 Å². The molecule has 0 aliphatic rings. The van der Waals surface area contributed by atoms with Gasteiger partial charge >= 0.3 is 7.69 Å². The number of fused-ring (bicyclic) bond motifs is 16. The summed E-state index contributed by atoms with van der Waals surface area (Å²) in [7, 11) is 0.689. The molecule has 22 rings (SSSR count). The highest BCUT2D eigenvalue weighted by molar-refractivity contribution is 9.10. The Hall–Kier alpha value is -13.6. The highest BCUT2D eigenvalue weighted by atomic mass is 79.9. The Labute approximate surface area is 684 Å². The third kappa shape index (κ3) is 13.4. The van der Waals surface area contributed by atoms with Crippen molar-refractivity contribution in [1.29, 1.82) is 0 Å². The van der Waals surface area contributed by atoms with E-state index in [9.17, 15) is 0 Å². The van der Waals surface area contributed by atoms with Crippen LogP contribution in [0.4, 0.5) is 34.1 Å². The van der Waals surface area contributed by atoms with Gasteiger partial charge in [-0.25, -0.2) is 0 Å². The van der Waals surface area contributed by atoms with E-state index in [2.05, 4.69) is 405 Å². The van der Waals surface area contributed by atoms with E-state index in [1.807, 2.05) is 65.1 Å². The van der Waals surface area contributed by atoms with Gasteiger partial charge in [-0.2, -0.15) is 0 Å². The van der Waals surface area contributed by atoms with E-state index in [1.54, 1.807) is 0 Å². The Balaban J connectivity index is 0.000000125. The first-order chi connectivity index (χ1) is 56.4. The fourth-order valence-corrected chi connectivity index (χ4v) is 19.1. The number of benzene rings is 18. The maximum absolute atomic E-state index is 8.81. The molecule has 0 atom stereocenters. The number of anilines is 6. The first kappa shape index (κ1) is 71.7. The molecule has 22 aromatic rings. The van der Waals surface area contributed by atoms with Gasteiger partial charge in [0.1, 0.15) is 5.75 Å². The Morgan fingerprint density at radius 1 is 0.278 bits per heavy atom. The number of hydrogen-bond acceptors (Lipinski definition) is 6. The zero-order valence-corrected chi connectivity index (χ0v) is 64.9. The molecule has 0 saturated carbocycles. The minimum Gasteiger partial charge on any atom is -0.537 e. The molecule has 0 aliphatic carbocycles. The van der Waals surface area contributed by atoms with Crippen molar-refractivity contribution in [2.45, 2.75) is 7.43 Å². The topological polar surface area (TPSA) is 45.8 Å². The minimum atomic E-state index is 0. The Morgan fingerprint density at radius 2 is 0.626 bits per heavy atom. The number of halogens is 1. The average Bonchev–Trinajstić information content (AvgIpc) is 1.56. The van der Waals surface area contributed by atoms with Crippen LogP contribution >= 0.6 is 38.6 Å². The lowest BCUT2D eigenvalue weighted by molar-refractivity contribution is 0.454. The Bertz CT molecular complexity index is 7290. The molecule has 0 amide bonds. The molecular weight excluding hydrogens is 1500 g/mol. The van der Waals surface area contributed by atoms with Gasteiger partial charge in [0.2, 0.25) is 0 Å². The Morgan fingerprint density at radius 3 is 1.09 bits per heavy atom. The van der Waals surface area contributed by atoms with Crippen molar-refractivity contribution in [2.24, 2.45) is 0 Å². The lowest BCUT2D eigenvalue weighted by Gasteiger charge is -2.27. The average molecular weight is 1580 g/mol. The van der Waals surface area contributed by atoms with Gasteiger partial charge in [-0.15, -0.1) is 22.7 Å². The molecule has 18 aromatic carbocycles. The van der Waals surface area contributed by atoms with E-state index in [0.717, 1.165) is 38.6 Å². The summed E-state index contributed by atoms with van der Waals surface area (Å²) < 4.78 is 16.3. The molecule has 0 saturated heterocycles. The van der Waals surface area contributed by atoms with Gasteiger partial charge in [0.25, 0.3) is 0 Å². The summed E-state index contributed by atoms with van der Waals surface area (Å²) in [6.45, 7) is 0. The molecule has 547 valence electrons. The smallest absolute Gasteiger partial charge is 0.537 e. The second-order valence-electron chi connectivity index (χ2n) is 28.4. The molecule has 0 unspecified atom stereocenters. The van der Waals surface area contributed by atoms with Crippen LogP contribution in [0.15, 0.2) is 417 Å². The van der Waals surface area contributed by atoms with Gasteiger partial charge in [0, 0.05) is 111 Å². The lowest BCUT2D eigenvalue weighted by atomic mass is 10.0. The van der Waals surface area contributed by atoms with Gasteiger partial charge in [-0.05, 0) is 208 Å². The van der Waals surface area contributed by atoms with E-state index < -0.39 is 0 Å². The first-order valence-electron chi connectivity index (χ1n) is 38.2. The van der Waals surface area contributed by atoms with Crippen molar-refractivity contribution in [3.63, 3.8) is 0 Å². The van der Waals surface area contributed by atoms with Gasteiger partial charge in [0.05, 0.1) is 33.4 Å². The SMILES string of the molecule is Brc1ccc2c(c1)c1ccc3sc4ccc(-c5ccccc5)cc4c3c1n2-c1ccccc1.C.O[B]Oc1ccc(N(c2ccccc2)c2cccc3ccccc23)cc1.c1ccc(-c2ccc3sc4ccc5c6cc(-c7ccc(N(c8ccccc8)c8cccc9ccccc89)cc7)ccc6n(-c6ccccc6)c5c4c3c2)cc1. The molecule has 1 radical (unpaired) electrons. The van der Waals surface area contributed by atoms with Crippen LogP contribution in [0.2, 0.25) is 0 Å². The second kappa shape index (κ2) is 31.2. The standard InChI is InChI=1S/C52H34N2S.C30H18BrNS.C22H17BNO2.CH4/c1-4-13-35(14-5-1)39-26-31-49-46(34-39)51-50(55-49)32-29-44-45-33-38(25-30-48(45)54(52(44)51)41-19-8-3-9-20-41)36-23-27-42(28-24-36)53(40-17-6-2-7-18-40)47-22-12-16-37-15-10-11-21-43(37)47;31-21-12-14-26-24(18-21)23-13-16-28-29(30(23)32(26)22-9-5-2-6-10-22)25-17-20(11-15-27(25)33-28)19-7-3-1-4-8-19;25-23-26-20-15-13-19(14-16-20)24(18-9-2-1-3-10-18)22-12-6-8-17-7-4-5-11-21(17)22;/h1-34H;1-18H;1-16,25H;1H4. The van der Waals surface area contributed by atoms with E-state index in [-0.39, 0.29) is 7.43 Å². The van der Waals surface area contributed by atoms with Crippen molar-refractivity contribution < 1.29 is 9.68 Å². The number of para-hydroxylation sites is 4. The van der Waals surface area contributed by atoms with E-state index in [0.29, 0.717) is 13.4 Å². The number of nitrogens with zero attached hydrogens (tertiary/aromatic N) is 4. The summed E-state index contributed by atoms with van der Waals surface area (Å²) in [4.78, 5) is 4.58. The number of aromatic nitrogens is 2. The molecule has 6 nitrogen and oxygen atoms in total. The molecule has 4 aromatic heterocycles. The molecule has 1 N–H and O–H groups in total. The third-order valence-corrected chi connectivity index (χ3v) is 24.5. The summed E-state index contributed by atoms with van der Waals surface area (Å²) in [5.74, 6) is 0.585. The Kier molecular flexibility index (Phi) is 19.4. The number of rotatable bonds is 13. The molecule has 0 fully saturated rings. The number of thiophene rings is 2. The second-order valence-corrected chi connectivity index (χ2v) is 31.4. The van der Waals surface area contributed by atoms with Crippen LogP contribution in [0.25, 0.3) is 150 Å². The van der Waals surface area contributed by atoms with Crippen LogP contribution < -0.4 is 14.5 Å². The monoisotopic (exact) mass is 1580 g/mol. The van der Waals surface area contributed by atoms with Crippen molar-refractivity contribution in [3.05, 3.63) is 417 Å². The predicted octanol–water partition coefficient (Wildman–Crippen LogP) is 30.5. The maximum atomic E-state index is 8.81. The van der Waals surface area contributed by atoms with Crippen molar-refractivity contribution in [1.82, 2.24) is 9.13 Å². The summed E-state index contributed by atoms with van der Waals surface area (Å²) >= 11 is 7.45. The third-order valence-electron chi connectivity index (χ3n) is 21.7. The fourth-order valence-electron chi connectivity index (χ4n) is 16.6. The van der Waals surface area contributed by atoms with Gasteiger partial charge in [-0.1, -0.05) is 272 Å². The molecule has 0 aliphatic heterocycles. The predicted molar refractivity (Wildman–Crippen MR) is 497 cm³/mol. The van der Waals surface area contributed by atoms with Gasteiger partial charge < -0.3 is 28.6 Å². The molecule has 0 spiro atoms. The van der Waals surface area contributed by atoms with Crippen LogP contribution in [0, 0.1) is 0 Å². The molecule has 115 heavy (non-hydrogen) atoms. The fraction of sp³-hybridized carbons (Fsp3) is 0.00952. The maximum Gasteiger partial charge on any atom is 0.569 e. The largest absolute Gasteiger partial charge is 0.569 e. The quantitative estimate of drug-likeness (QED) is 0.117. The first-order valence-corrected chi connectivity index (χ1v) is 40.6. The zero-order valence-electron chi connectivity index (χ0n) is 61.7. The van der Waals surface area contributed by atoms with E-state index in [4.69, 9.17) is 9.68 Å². The van der Waals surface area contributed by atoms with Crippen molar-refractivity contribution in [3.8, 4) is 50.5 Å². The normalized spacial score (nSPS) is 11.3. The lowest BCUT2D eigenvalue weighted by Crippen LogP contribution is -2.10. The zero-order chi connectivity index (χ0) is 76.0. The summed E-state index contributed by atoms with van der Waals surface area (Å²) in [5.41, 5.74) is 21.3. The van der Waals surface area contributed by atoms with E-state index in [1.165, 1.54) is 150 Å². The van der Waals surface area contributed by atoms with Crippen LogP contribution in [0.3, 0.4) is 0 Å². The minimum absolute atomic E-state index is 0. The summed E-state index contributed by atoms with van der Waals surface area (Å²) in [6.07, 6.45) is 0. The van der Waals surface area contributed by atoms with Crippen LogP contribution in [-0.4, -0.2) is 21.8 Å². The summed E-state index contributed by atoms with van der Waals surface area (Å²) in [6, 6.07) is 147. The van der Waals surface area contributed by atoms with Crippen LogP contribution in [-0.2, 0) is 0 Å². The van der Waals surface area contributed by atoms with E-state index >= 15 is 0 Å². The van der Waals surface area contributed by atoms with Crippen molar-refractivity contribution >= 4 is 186 Å². The molecule has 10 heteroatoms. The highest BCUT2D eigenvalue weighted by Crippen LogP contribution is 2.49. The molecule has 4 heterocycles. The van der Waals surface area contributed by atoms with Crippen LogP contribution in [0.1, 0.15) is 7.43 Å². The number of hydrogen-bond donors (Lipinski definition) is 1. The summed E-state index contributed by atoms with van der Waals surface area (Å²) in [5, 5.41) is 24.0. The highest BCUT2D eigenvalue weighted by Gasteiger charge is 2.24.